The Kier molecular flexibility index (Phi) is 4.75. The molecule has 1 heterocycles. The van der Waals surface area contributed by atoms with Crippen molar-refractivity contribution in [1.82, 2.24) is 9.36 Å². The minimum atomic E-state index is -0.224. The van der Waals surface area contributed by atoms with Crippen LogP contribution in [0.5, 0.6) is 0 Å². The summed E-state index contributed by atoms with van der Waals surface area (Å²) in [5.41, 5.74) is 2.31. The summed E-state index contributed by atoms with van der Waals surface area (Å²) in [5, 5.41) is 4.12. The zero-order valence-electron chi connectivity index (χ0n) is 12.0. The zero-order valence-corrected chi connectivity index (χ0v) is 12.8. The SMILES string of the molecule is Fc1ccc(Cc2nsc(NCCc3ccccc3)n2)cc1. The minimum absolute atomic E-state index is 0.224. The van der Waals surface area contributed by atoms with Gasteiger partial charge < -0.3 is 5.32 Å². The van der Waals surface area contributed by atoms with Crippen LogP contribution in [-0.4, -0.2) is 15.9 Å². The van der Waals surface area contributed by atoms with E-state index in [0.717, 1.165) is 29.5 Å². The first-order valence-electron chi connectivity index (χ1n) is 7.14. The summed E-state index contributed by atoms with van der Waals surface area (Å²) in [6.07, 6.45) is 1.57. The van der Waals surface area contributed by atoms with Gasteiger partial charge in [0.15, 0.2) is 0 Å². The molecule has 0 fully saturated rings. The number of nitrogens with zero attached hydrogens (tertiary/aromatic N) is 2. The lowest BCUT2D eigenvalue weighted by Gasteiger charge is -2.02. The Labute approximate surface area is 133 Å². The smallest absolute Gasteiger partial charge is 0.202 e. The van der Waals surface area contributed by atoms with E-state index in [1.165, 1.54) is 29.2 Å². The van der Waals surface area contributed by atoms with E-state index in [9.17, 15) is 4.39 Å². The second-order valence-corrected chi connectivity index (χ2v) is 5.73. The summed E-state index contributed by atoms with van der Waals surface area (Å²) < 4.78 is 17.2. The summed E-state index contributed by atoms with van der Waals surface area (Å²) in [5.74, 6) is 0.539. The molecule has 112 valence electrons. The van der Waals surface area contributed by atoms with Gasteiger partial charge in [-0.1, -0.05) is 42.5 Å². The predicted molar refractivity (Wildman–Crippen MR) is 87.8 cm³/mol. The van der Waals surface area contributed by atoms with Crippen LogP contribution in [0.3, 0.4) is 0 Å². The van der Waals surface area contributed by atoms with Crippen LogP contribution in [0.25, 0.3) is 0 Å². The van der Waals surface area contributed by atoms with Gasteiger partial charge in [0.2, 0.25) is 5.13 Å². The topological polar surface area (TPSA) is 37.8 Å². The first-order chi connectivity index (χ1) is 10.8. The van der Waals surface area contributed by atoms with Crippen molar-refractivity contribution in [3.63, 3.8) is 0 Å². The highest BCUT2D eigenvalue weighted by atomic mass is 32.1. The number of rotatable bonds is 6. The van der Waals surface area contributed by atoms with E-state index in [1.54, 1.807) is 12.1 Å². The number of anilines is 1. The Bertz CT molecular complexity index is 710. The van der Waals surface area contributed by atoms with E-state index in [-0.39, 0.29) is 5.82 Å². The molecule has 0 aliphatic heterocycles. The summed E-state index contributed by atoms with van der Waals surface area (Å²) in [6.45, 7) is 0.829. The fraction of sp³-hybridized carbons (Fsp3) is 0.176. The molecule has 0 atom stereocenters. The second kappa shape index (κ2) is 7.13. The monoisotopic (exact) mass is 313 g/mol. The van der Waals surface area contributed by atoms with Gasteiger partial charge in [-0.05, 0) is 29.7 Å². The van der Waals surface area contributed by atoms with Crippen molar-refractivity contribution in [3.8, 4) is 0 Å². The molecule has 0 bridgehead atoms. The third kappa shape index (κ3) is 4.11. The van der Waals surface area contributed by atoms with Crippen LogP contribution in [-0.2, 0) is 12.8 Å². The Balaban J connectivity index is 1.51. The molecule has 0 radical (unpaired) electrons. The molecule has 3 aromatic rings. The van der Waals surface area contributed by atoms with Crippen molar-refractivity contribution in [1.29, 1.82) is 0 Å². The highest BCUT2D eigenvalue weighted by Gasteiger charge is 2.05. The van der Waals surface area contributed by atoms with E-state index in [1.807, 2.05) is 18.2 Å². The number of nitrogens with one attached hydrogen (secondary N) is 1. The van der Waals surface area contributed by atoms with Crippen molar-refractivity contribution < 1.29 is 4.39 Å². The van der Waals surface area contributed by atoms with Gasteiger partial charge in [0, 0.05) is 24.5 Å². The van der Waals surface area contributed by atoms with Gasteiger partial charge in [-0.2, -0.15) is 4.37 Å². The van der Waals surface area contributed by atoms with E-state index < -0.39 is 0 Å². The Morgan fingerprint density at radius 3 is 2.50 bits per heavy atom. The van der Waals surface area contributed by atoms with Gasteiger partial charge in [-0.25, -0.2) is 9.37 Å². The van der Waals surface area contributed by atoms with Crippen LogP contribution in [0.15, 0.2) is 54.6 Å². The van der Waals surface area contributed by atoms with Crippen molar-refractivity contribution in [2.75, 3.05) is 11.9 Å². The van der Waals surface area contributed by atoms with Gasteiger partial charge in [0.1, 0.15) is 11.6 Å². The van der Waals surface area contributed by atoms with E-state index in [0.29, 0.717) is 6.42 Å². The van der Waals surface area contributed by atoms with Crippen LogP contribution in [0.2, 0.25) is 0 Å². The lowest BCUT2D eigenvalue weighted by atomic mass is 10.1. The highest BCUT2D eigenvalue weighted by Crippen LogP contribution is 2.14. The standard InChI is InChI=1S/C17H16FN3S/c18-15-8-6-14(7-9-15)12-16-20-17(22-21-16)19-11-10-13-4-2-1-3-5-13/h1-9H,10-12H2,(H,19,20,21). The Hall–Kier alpha value is -2.27. The lowest BCUT2D eigenvalue weighted by Crippen LogP contribution is -2.04. The molecule has 5 heteroatoms. The maximum Gasteiger partial charge on any atom is 0.202 e. The summed E-state index contributed by atoms with van der Waals surface area (Å²) >= 11 is 1.36. The number of hydrogen-bond acceptors (Lipinski definition) is 4. The molecule has 1 aromatic heterocycles. The number of benzene rings is 2. The average molecular weight is 313 g/mol. The van der Waals surface area contributed by atoms with Crippen LogP contribution in [0.1, 0.15) is 17.0 Å². The van der Waals surface area contributed by atoms with Gasteiger partial charge >= 0.3 is 0 Å². The van der Waals surface area contributed by atoms with Gasteiger partial charge in [-0.3, -0.25) is 0 Å². The Morgan fingerprint density at radius 2 is 1.73 bits per heavy atom. The number of hydrogen-bond donors (Lipinski definition) is 1. The summed E-state index contributed by atoms with van der Waals surface area (Å²) in [4.78, 5) is 4.46. The molecule has 3 nitrogen and oxygen atoms in total. The van der Waals surface area contributed by atoms with Crippen LogP contribution in [0, 0.1) is 5.82 Å². The van der Waals surface area contributed by atoms with Crippen LogP contribution in [0.4, 0.5) is 9.52 Å². The first-order valence-corrected chi connectivity index (χ1v) is 7.92. The third-order valence-electron chi connectivity index (χ3n) is 3.28. The van der Waals surface area contributed by atoms with Gasteiger partial charge in [0.25, 0.3) is 0 Å². The highest BCUT2D eigenvalue weighted by molar-refractivity contribution is 7.09. The number of aromatic nitrogens is 2. The first kappa shape index (κ1) is 14.7. The average Bonchev–Trinajstić information content (AvgIpc) is 2.98. The van der Waals surface area contributed by atoms with Gasteiger partial charge in [0.05, 0.1) is 0 Å². The van der Waals surface area contributed by atoms with E-state index >= 15 is 0 Å². The molecule has 0 saturated carbocycles. The molecule has 1 N–H and O–H groups in total. The summed E-state index contributed by atoms with van der Waals surface area (Å²) in [7, 11) is 0. The Morgan fingerprint density at radius 1 is 0.955 bits per heavy atom. The molecule has 0 amide bonds. The van der Waals surface area contributed by atoms with Crippen LogP contribution < -0.4 is 5.32 Å². The van der Waals surface area contributed by atoms with Gasteiger partial charge in [-0.15, -0.1) is 0 Å². The molecule has 0 aliphatic carbocycles. The van der Waals surface area contributed by atoms with Crippen molar-refractivity contribution >= 4 is 16.7 Å². The number of halogens is 1. The maximum atomic E-state index is 12.9. The fourth-order valence-corrected chi connectivity index (χ4v) is 2.75. The quantitative estimate of drug-likeness (QED) is 0.749. The second-order valence-electron chi connectivity index (χ2n) is 4.98. The normalized spacial score (nSPS) is 10.6. The van der Waals surface area contributed by atoms with E-state index in [4.69, 9.17) is 0 Å². The molecule has 22 heavy (non-hydrogen) atoms. The lowest BCUT2D eigenvalue weighted by molar-refractivity contribution is 0.627. The van der Waals surface area contributed by atoms with Crippen LogP contribution >= 0.6 is 11.5 Å². The largest absolute Gasteiger partial charge is 0.360 e. The minimum Gasteiger partial charge on any atom is -0.360 e. The summed E-state index contributed by atoms with van der Waals surface area (Å²) in [6, 6.07) is 16.8. The third-order valence-corrected chi connectivity index (χ3v) is 3.99. The zero-order chi connectivity index (χ0) is 15.2. The molecular weight excluding hydrogens is 297 g/mol. The molecule has 0 spiro atoms. The van der Waals surface area contributed by atoms with Crippen molar-refractivity contribution in [2.24, 2.45) is 0 Å². The van der Waals surface area contributed by atoms with E-state index in [2.05, 4.69) is 26.8 Å². The maximum absolute atomic E-state index is 12.9. The molecule has 3 rings (SSSR count). The van der Waals surface area contributed by atoms with Crippen molar-refractivity contribution in [3.05, 3.63) is 77.4 Å². The van der Waals surface area contributed by atoms with Crippen molar-refractivity contribution in [2.45, 2.75) is 12.8 Å². The fourth-order valence-electron chi connectivity index (χ4n) is 2.14. The molecule has 0 aliphatic rings. The predicted octanol–water partition coefficient (Wildman–Crippen LogP) is 3.92. The molecule has 2 aromatic carbocycles. The molecular formula is C17H16FN3S. The molecule has 0 unspecified atom stereocenters. The molecule has 0 saturated heterocycles.